The first-order valence-corrected chi connectivity index (χ1v) is 9.27. The van der Waals surface area contributed by atoms with Gasteiger partial charge in [0.1, 0.15) is 0 Å². The number of nitrogens with zero attached hydrogens (tertiary/aromatic N) is 5. The summed E-state index contributed by atoms with van der Waals surface area (Å²) in [5.41, 5.74) is 6.35. The summed E-state index contributed by atoms with van der Waals surface area (Å²) in [5, 5.41) is 0. The molecule has 0 amide bonds. The van der Waals surface area contributed by atoms with Gasteiger partial charge in [-0.15, -0.1) is 0 Å². The summed E-state index contributed by atoms with van der Waals surface area (Å²) in [6.45, 7) is 4.23. The molecule has 1 fully saturated rings. The van der Waals surface area contributed by atoms with E-state index in [1.54, 1.807) is 7.05 Å². The van der Waals surface area contributed by atoms with Crippen molar-refractivity contribution in [2.45, 2.75) is 45.2 Å². The van der Waals surface area contributed by atoms with Gasteiger partial charge in [-0.2, -0.15) is 4.98 Å². The van der Waals surface area contributed by atoms with E-state index in [9.17, 15) is 9.59 Å². The molecule has 2 aromatic rings. The molecule has 0 aliphatic carbocycles. The number of aromatic nitrogens is 4. The molecular weight excluding hydrogens is 332 g/mol. The summed E-state index contributed by atoms with van der Waals surface area (Å²) in [5.74, 6) is 0.717. The quantitative estimate of drug-likeness (QED) is 0.793. The molecule has 8 heteroatoms. The van der Waals surface area contributed by atoms with Gasteiger partial charge in [0.2, 0.25) is 5.95 Å². The van der Waals surface area contributed by atoms with E-state index < -0.39 is 0 Å². The van der Waals surface area contributed by atoms with E-state index in [0.717, 1.165) is 42.7 Å². The van der Waals surface area contributed by atoms with Crippen molar-refractivity contribution < 1.29 is 0 Å². The van der Waals surface area contributed by atoms with E-state index >= 15 is 0 Å². The molecule has 0 bridgehead atoms. The Balaban J connectivity index is 2.19. The maximum absolute atomic E-state index is 12.8. The first-order valence-electron chi connectivity index (χ1n) is 9.27. The van der Waals surface area contributed by atoms with Crippen molar-refractivity contribution in [3.8, 4) is 0 Å². The van der Waals surface area contributed by atoms with Crippen LogP contribution in [0, 0.1) is 0 Å². The Hall–Kier alpha value is -2.35. The van der Waals surface area contributed by atoms with Crippen LogP contribution in [0.25, 0.3) is 11.2 Å². The minimum atomic E-state index is -0.365. The normalized spacial score (nSPS) is 18.3. The molecule has 0 radical (unpaired) electrons. The average Bonchev–Trinajstić information content (AvgIpc) is 3.01. The molecular formula is C18H28N6O2. The van der Waals surface area contributed by atoms with Crippen LogP contribution in [0.4, 0.5) is 5.95 Å². The highest BCUT2D eigenvalue weighted by Crippen LogP contribution is 2.23. The molecule has 0 aromatic carbocycles. The summed E-state index contributed by atoms with van der Waals surface area (Å²) in [7, 11) is 3.16. The van der Waals surface area contributed by atoms with E-state index in [0.29, 0.717) is 24.3 Å². The van der Waals surface area contributed by atoms with Crippen molar-refractivity contribution in [2.24, 2.45) is 19.8 Å². The number of aryl methyl sites for hydroxylation is 1. The summed E-state index contributed by atoms with van der Waals surface area (Å²) in [4.78, 5) is 31.9. The van der Waals surface area contributed by atoms with E-state index in [2.05, 4.69) is 29.0 Å². The zero-order valence-corrected chi connectivity index (χ0v) is 15.8. The third kappa shape index (κ3) is 3.21. The number of allylic oxidation sites excluding steroid dienone is 2. The maximum Gasteiger partial charge on any atom is 0.332 e. The summed E-state index contributed by atoms with van der Waals surface area (Å²) in [6.07, 6.45) is 8.23. The largest absolute Gasteiger partial charge is 0.341 e. The molecule has 2 aromatic heterocycles. The number of piperidine rings is 1. The lowest BCUT2D eigenvalue weighted by molar-refractivity contribution is 0.495. The number of unbranched alkanes of at least 4 members (excludes halogenated alkanes) is 1. The van der Waals surface area contributed by atoms with Crippen LogP contribution in [-0.2, 0) is 20.6 Å². The average molecular weight is 360 g/mol. The first kappa shape index (κ1) is 18.4. The maximum atomic E-state index is 12.8. The highest BCUT2D eigenvalue weighted by Gasteiger charge is 2.25. The Morgan fingerprint density at radius 1 is 1.23 bits per heavy atom. The van der Waals surface area contributed by atoms with Crippen LogP contribution in [0.15, 0.2) is 21.7 Å². The first-order chi connectivity index (χ1) is 12.5. The third-order valence-corrected chi connectivity index (χ3v) is 4.98. The molecule has 1 saturated heterocycles. The van der Waals surface area contributed by atoms with Crippen molar-refractivity contribution in [2.75, 3.05) is 18.0 Å². The van der Waals surface area contributed by atoms with Crippen LogP contribution in [0.3, 0.4) is 0 Å². The van der Waals surface area contributed by atoms with Gasteiger partial charge in [-0.25, -0.2) is 4.79 Å². The van der Waals surface area contributed by atoms with Gasteiger partial charge in [0.05, 0.1) is 0 Å². The Bertz CT molecular complexity index is 936. The van der Waals surface area contributed by atoms with Crippen molar-refractivity contribution in [1.82, 2.24) is 18.7 Å². The SMILES string of the molecule is CCC/C=C/Cn1c(N2CCCC(N)C2)nc2c1c(=O)n(C)c(=O)n2C. The van der Waals surface area contributed by atoms with Crippen LogP contribution >= 0.6 is 0 Å². The van der Waals surface area contributed by atoms with Crippen LogP contribution < -0.4 is 21.9 Å². The van der Waals surface area contributed by atoms with Gasteiger partial charge in [0.15, 0.2) is 11.2 Å². The molecule has 1 aliphatic heterocycles. The topological polar surface area (TPSA) is 91.1 Å². The second-order valence-corrected chi connectivity index (χ2v) is 7.01. The third-order valence-electron chi connectivity index (χ3n) is 4.98. The molecule has 26 heavy (non-hydrogen) atoms. The highest BCUT2D eigenvalue weighted by molar-refractivity contribution is 5.74. The lowest BCUT2D eigenvalue weighted by atomic mass is 10.1. The number of anilines is 1. The van der Waals surface area contributed by atoms with E-state index in [-0.39, 0.29) is 17.3 Å². The number of imidazole rings is 1. The smallest absolute Gasteiger partial charge is 0.332 e. The van der Waals surface area contributed by atoms with Crippen LogP contribution in [-0.4, -0.2) is 37.8 Å². The molecule has 3 heterocycles. The zero-order chi connectivity index (χ0) is 18.8. The standard InChI is InChI=1S/C18H28N6O2/c1-4-5-6-7-11-24-14-15(21(2)18(26)22(3)16(14)25)20-17(24)23-10-8-9-13(19)12-23/h6-7,13H,4-5,8-12,19H2,1-3H3/b7-6+. The van der Waals surface area contributed by atoms with E-state index in [4.69, 9.17) is 5.73 Å². The summed E-state index contributed by atoms with van der Waals surface area (Å²) >= 11 is 0. The fourth-order valence-electron chi connectivity index (χ4n) is 3.51. The predicted molar refractivity (Wildman–Crippen MR) is 104 cm³/mol. The van der Waals surface area contributed by atoms with Gasteiger partial charge >= 0.3 is 5.69 Å². The second-order valence-electron chi connectivity index (χ2n) is 7.01. The van der Waals surface area contributed by atoms with E-state index in [1.165, 1.54) is 11.6 Å². The van der Waals surface area contributed by atoms with Crippen molar-refractivity contribution in [3.05, 3.63) is 33.0 Å². The minimum absolute atomic E-state index is 0.0966. The lowest BCUT2D eigenvalue weighted by Crippen LogP contribution is -2.44. The van der Waals surface area contributed by atoms with Crippen LogP contribution in [0.5, 0.6) is 0 Å². The van der Waals surface area contributed by atoms with Crippen LogP contribution in [0.2, 0.25) is 0 Å². The summed E-state index contributed by atoms with van der Waals surface area (Å²) in [6, 6.07) is 0.0966. The molecule has 1 aliphatic rings. The van der Waals surface area contributed by atoms with Gasteiger partial charge in [-0.05, 0) is 19.3 Å². The molecule has 1 atom stereocenters. The zero-order valence-electron chi connectivity index (χ0n) is 15.8. The van der Waals surface area contributed by atoms with Gasteiger partial charge in [-0.1, -0.05) is 25.5 Å². The molecule has 2 N–H and O–H groups in total. The molecule has 142 valence electrons. The Morgan fingerprint density at radius 2 is 2.00 bits per heavy atom. The Kier molecular flexibility index (Phi) is 5.31. The van der Waals surface area contributed by atoms with Crippen molar-refractivity contribution in [3.63, 3.8) is 0 Å². The van der Waals surface area contributed by atoms with Crippen LogP contribution in [0.1, 0.15) is 32.6 Å². The van der Waals surface area contributed by atoms with E-state index in [1.807, 2.05) is 4.57 Å². The van der Waals surface area contributed by atoms with Gasteiger partial charge in [0.25, 0.3) is 5.56 Å². The fourth-order valence-corrected chi connectivity index (χ4v) is 3.51. The van der Waals surface area contributed by atoms with Gasteiger partial charge < -0.3 is 15.2 Å². The lowest BCUT2D eigenvalue weighted by Gasteiger charge is -2.31. The highest BCUT2D eigenvalue weighted by atomic mass is 16.2. The predicted octanol–water partition coefficient (Wildman–Crippen LogP) is 0.718. The van der Waals surface area contributed by atoms with Gasteiger partial charge in [0, 0.05) is 39.8 Å². The molecule has 0 saturated carbocycles. The molecule has 3 rings (SSSR count). The number of rotatable bonds is 5. The fraction of sp³-hybridized carbons (Fsp3) is 0.611. The number of fused-ring (bicyclic) bond motifs is 1. The number of hydrogen-bond acceptors (Lipinski definition) is 5. The molecule has 0 spiro atoms. The number of nitrogens with two attached hydrogens (primary N) is 1. The second kappa shape index (κ2) is 7.49. The van der Waals surface area contributed by atoms with Crippen molar-refractivity contribution in [1.29, 1.82) is 0 Å². The molecule has 1 unspecified atom stereocenters. The van der Waals surface area contributed by atoms with Crippen molar-refractivity contribution >= 4 is 17.1 Å². The molecule has 8 nitrogen and oxygen atoms in total. The van der Waals surface area contributed by atoms with Gasteiger partial charge in [-0.3, -0.25) is 13.9 Å². The minimum Gasteiger partial charge on any atom is -0.341 e. The monoisotopic (exact) mass is 360 g/mol. The Morgan fingerprint density at radius 3 is 2.69 bits per heavy atom. The summed E-state index contributed by atoms with van der Waals surface area (Å²) < 4.78 is 4.50. The number of hydrogen-bond donors (Lipinski definition) is 1. The Labute approximate surface area is 152 Å².